The van der Waals surface area contributed by atoms with E-state index in [1.807, 2.05) is 26.0 Å². The zero-order valence-corrected chi connectivity index (χ0v) is 17.7. The summed E-state index contributed by atoms with van der Waals surface area (Å²) in [6, 6.07) is 8.28. The van der Waals surface area contributed by atoms with Crippen LogP contribution in [0.1, 0.15) is 81.1 Å². The number of carbonyl (C=O) groups excluding carboxylic acids is 2. The van der Waals surface area contributed by atoms with Gasteiger partial charge in [-0.2, -0.15) is 0 Å². The fourth-order valence-electron chi connectivity index (χ4n) is 4.96. The third-order valence-corrected chi connectivity index (χ3v) is 7.04. The highest BCUT2D eigenvalue weighted by Gasteiger charge is 2.47. The SMILES string of the molecule is COC(=O)CC12CCCC(c3ccc(C(=O)C(C)(C)Br)cc3)(CC1)CC2. The lowest BCUT2D eigenvalue weighted by molar-refractivity contribution is -0.144. The quantitative estimate of drug-likeness (QED) is 0.354. The molecule has 1 aromatic rings. The van der Waals surface area contributed by atoms with Crippen molar-refractivity contribution in [1.82, 2.24) is 0 Å². The van der Waals surface area contributed by atoms with Crippen LogP contribution in [0.4, 0.5) is 0 Å². The Morgan fingerprint density at radius 2 is 1.65 bits per heavy atom. The maximum atomic E-state index is 12.4. The van der Waals surface area contributed by atoms with Gasteiger partial charge in [0.15, 0.2) is 5.78 Å². The number of fused-ring (bicyclic) bond motifs is 4. The summed E-state index contributed by atoms with van der Waals surface area (Å²) in [5, 5.41) is 0. The predicted octanol–water partition coefficient (Wildman–Crippen LogP) is 5.59. The number of methoxy groups -OCH3 is 1. The molecule has 0 amide bonds. The fourth-order valence-corrected chi connectivity index (χ4v) is 5.18. The van der Waals surface area contributed by atoms with Crippen molar-refractivity contribution in [1.29, 1.82) is 0 Å². The fraction of sp³-hybridized carbons (Fsp3) is 0.636. The van der Waals surface area contributed by atoms with Crippen LogP contribution in [-0.2, 0) is 14.9 Å². The lowest BCUT2D eigenvalue weighted by Crippen LogP contribution is -2.35. The Labute approximate surface area is 165 Å². The van der Waals surface area contributed by atoms with Gasteiger partial charge in [-0.05, 0) is 68.8 Å². The summed E-state index contributed by atoms with van der Waals surface area (Å²) in [5.41, 5.74) is 2.47. The molecule has 0 heterocycles. The summed E-state index contributed by atoms with van der Waals surface area (Å²) in [5.74, 6) is 0.0443. The number of Topliss-reactive ketones (excluding diaryl/α,β-unsaturated/α-hetero) is 1. The van der Waals surface area contributed by atoms with E-state index in [4.69, 9.17) is 4.74 Å². The van der Waals surface area contributed by atoms with Crippen molar-refractivity contribution in [2.45, 2.75) is 75.0 Å². The number of alkyl halides is 1. The molecule has 0 N–H and O–H groups in total. The second-order valence-electron chi connectivity index (χ2n) is 8.77. The maximum absolute atomic E-state index is 12.4. The van der Waals surface area contributed by atoms with E-state index in [0.717, 1.165) is 44.1 Å². The van der Waals surface area contributed by atoms with Crippen LogP contribution in [-0.4, -0.2) is 23.2 Å². The molecule has 4 rings (SSSR count). The van der Waals surface area contributed by atoms with Crippen molar-refractivity contribution < 1.29 is 14.3 Å². The number of esters is 1. The molecule has 0 saturated heterocycles. The van der Waals surface area contributed by atoms with Crippen molar-refractivity contribution in [3.05, 3.63) is 35.4 Å². The number of hydrogen-bond donors (Lipinski definition) is 0. The molecule has 2 bridgehead atoms. The van der Waals surface area contributed by atoms with Gasteiger partial charge < -0.3 is 4.74 Å². The molecule has 0 aromatic heterocycles. The summed E-state index contributed by atoms with van der Waals surface area (Å²) in [4.78, 5) is 24.3. The highest BCUT2D eigenvalue weighted by Crippen LogP contribution is 2.56. The van der Waals surface area contributed by atoms with Crippen molar-refractivity contribution in [3.8, 4) is 0 Å². The summed E-state index contributed by atoms with van der Waals surface area (Å²) >= 11 is 3.46. The number of benzene rings is 1. The molecular weight excluding hydrogens is 392 g/mol. The predicted molar refractivity (Wildman–Crippen MR) is 107 cm³/mol. The first-order chi connectivity index (χ1) is 12.2. The van der Waals surface area contributed by atoms with Crippen LogP contribution < -0.4 is 0 Å². The van der Waals surface area contributed by atoms with Gasteiger partial charge >= 0.3 is 5.97 Å². The van der Waals surface area contributed by atoms with Crippen molar-refractivity contribution in [2.75, 3.05) is 7.11 Å². The molecule has 3 saturated carbocycles. The van der Waals surface area contributed by atoms with E-state index in [0.29, 0.717) is 6.42 Å². The van der Waals surface area contributed by atoms with Gasteiger partial charge in [-0.1, -0.05) is 46.6 Å². The molecule has 0 aliphatic heterocycles. The molecule has 26 heavy (non-hydrogen) atoms. The summed E-state index contributed by atoms with van der Waals surface area (Å²) in [6.45, 7) is 3.77. The summed E-state index contributed by atoms with van der Waals surface area (Å²) < 4.78 is 4.40. The van der Waals surface area contributed by atoms with Gasteiger partial charge in [0.05, 0.1) is 17.9 Å². The van der Waals surface area contributed by atoms with E-state index in [2.05, 4.69) is 28.1 Å². The highest BCUT2D eigenvalue weighted by atomic mass is 79.9. The van der Waals surface area contributed by atoms with Gasteiger partial charge in [-0.25, -0.2) is 0 Å². The standard InChI is InChI=1S/C22H29BrO3/c1-20(2,23)19(25)16-5-7-17(8-6-16)22-10-4-9-21(11-13-22,12-14-22)15-18(24)26-3/h5-8H,4,9-15H2,1-3H3. The Kier molecular flexibility index (Phi) is 5.35. The number of ether oxygens (including phenoxy) is 1. The minimum Gasteiger partial charge on any atom is -0.469 e. The van der Waals surface area contributed by atoms with Crippen LogP contribution in [0.5, 0.6) is 0 Å². The number of rotatable bonds is 5. The molecule has 3 aliphatic carbocycles. The summed E-state index contributed by atoms with van der Waals surface area (Å²) in [6.07, 6.45) is 8.46. The van der Waals surface area contributed by atoms with Crippen LogP contribution in [0.2, 0.25) is 0 Å². The van der Waals surface area contributed by atoms with Crippen molar-refractivity contribution in [3.63, 3.8) is 0 Å². The highest BCUT2D eigenvalue weighted by molar-refractivity contribution is 9.10. The van der Waals surface area contributed by atoms with Crippen LogP contribution >= 0.6 is 15.9 Å². The molecule has 0 radical (unpaired) electrons. The van der Waals surface area contributed by atoms with Gasteiger partial charge in [0.2, 0.25) is 0 Å². The van der Waals surface area contributed by atoms with E-state index in [1.54, 1.807) is 0 Å². The normalized spacial score (nSPS) is 28.5. The average Bonchev–Trinajstić information content (AvgIpc) is 2.91. The van der Waals surface area contributed by atoms with Gasteiger partial charge in [0.1, 0.15) is 0 Å². The number of hydrogen-bond acceptors (Lipinski definition) is 3. The van der Waals surface area contributed by atoms with Crippen LogP contribution in [0.15, 0.2) is 24.3 Å². The second kappa shape index (κ2) is 7.10. The Hall–Kier alpha value is -1.16. The minimum absolute atomic E-state index is 0.0698. The molecule has 0 spiro atoms. The van der Waals surface area contributed by atoms with Crippen LogP contribution in [0, 0.1) is 5.41 Å². The molecule has 1 aromatic carbocycles. The van der Waals surface area contributed by atoms with Gasteiger partial charge in [0.25, 0.3) is 0 Å². The zero-order valence-electron chi connectivity index (χ0n) is 16.1. The Bertz CT molecular complexity index is 676. The van der Waals surface area contributed by atoms with Crippen molar-refractivity contribution in [2.24, 2.45) is 5.41 Å². The number of halogens is 1. The topological polar surface area (TPSA) is 43.4 Å². The molecule has 3 fully saturated rings. The van der Waals surface area contributed by atoms with E-state index >= 15 is 0 Å². The average molecular weight is 421 g/mol. The van der Waals surface area contributed by atoms with Crippen LogP contribution in [0.3, 0.4) is 0 Å². The molecule has 3 nitrogen and oxygen atoms in total. The molecular formula is C22H29BrO3. The van der Waals surface area contributed by atoms with Gasteiger partial charge in [-0.15, -0.1) is 0 Å². The van der Waals surface area contributed by atoms with Gasteiger partial charge in [-0.3, -0.25) is 9.59 Å². The number of carbonyl (C=O) groups is 2. The minimum atomic E-state index is -0.534. The van der Waals surface area contributed by atoms with Gasteiger partial charge in [0, 0.05) is 5.56 Å². The number of ketones is 1. The van der Waals surface area contributed by atoms with Crippen molar-refractivity contribution >= 4 is 27.7 Å². The third-order valence-electron chi connectivity index (χ3n) is 6.68. The van der Waals surface area contributed by atoms with E-state index in [-0.39, 0.29) is 22.6 Å². The lowest BCUT2D eigenvalue weighted by Gasteiger charge is -2.43. The first kappa shape index (κ1) is 19.6. The van der Waals surface area contributed by atoms with Crippen LogP contribution in [0.25, 0.3) is 0 Å². The Morgan fingerprint density at radius 3 is 2.19 bits per heavy atom. The second-order valence-corrected chi connectivity index (χ2v) is 10.7. The lowest BCUT2D eigenvalue weighted by atomic mass is 9.61. The molecule has 4 heteroatoms. The monoisotopic (exact) mass is 420 g/mol. The largest absolute Gasteiger partial charge is 0.469 e. The van der Waals surface area contributed by atoms with E-state index in [9.17, 15) is 9.59 Å². The first-order valence-corrected chi connectivity index (χ1v) is 10.4. The first-order valence-electron chi connectivity index (χ1n) is 9.61. The maximum Gasteiger partial charge on any atom is 0.306 e. The molecule has 142 valence electrons. The molecule has 0 atom stereocenters. The smallest absolute Gasteiger partial charge is 0.306 e. The van der Waals surface area contributed by atoms with E-state index < -0.39 is 4.32 Å². The molecule has 0 unspecified atom stereocenters. The Morgan fingerprint density at radius 1 is 1.04 bits per heavy atom. The zero-order chi connectivity index (χ0) is 19.0. The van der Waals surface area contributed by atoms with E-state index in [1.165, 1.54) is 19.1 Å². The summed E-state index contributed by atoms with van der Waals surface area (Å²) in [7, 11) is 1.49. The Balaban J connectivity index is 1.78. The third kappa shape index (κ3) is 3.76. The molecule has 3 aliphatic rings.